The fourth-order valence-electron chi connectivity index (χ4n) is 3.99. The van der Waals surface area contributed by atoms with Crippen LogP contribution in [0.25, 0.3) is 0 Å². The zero-order valence-corrected chi connectivity index (χ0v) is 12.9. The number of rotatable bonds is 3. The second-order valence-corrected chi connectivity index (χ2v) is 6.88. The molecule has 2 aliphatic rings. The van der Waals surface area contributed by atoms with Gasteiger partial charge >= 0.3 is 0 Å². The predicted octanol–water partition coefficient (Wildman–Crippen LogP) is 2.01. The van der Waals surface area contributed by atoms with E-state index >= 15 is 0 Å². The van der Waals surface area contributed by atoms with Gasteiger partial charge in [-0.25, -0.2) is 0 Å². The molecule has 1 saturated heterocycles. The monoisotopic (exact) mass is 288 g/mol. The number of amides is 1. The quantitative estimate of drug-likeness (QED) is 0.894. The van der Waals surface area contributed by atoms with Gasteiger partial charge in [0, 0.05) is 17.9 Å². The average molecular weight is 288 g/mol. The highest BCUT2D eigenvalue weighted by Crippen LogP contribution is 2.58. The van der Waals surface area contributed by atoms with Crippen molar-refractivity contribution in [2.45, 2.75) is 44.9 Å². The van der Waals surface area contributed by atoms with Gasteiger partial charge in [0.25, 0.3) is 0 Å². The fraction of sp³-hybridized carbons (Fsp3) is 0.588. The molecular formula is C17H24N2O2. The molecule has 0 aromatic heterocycles. The zero-order valence-electron chi connectivity index (χ0n) is 12.9. The zero-order chi connectivity index (χ0) is 15.3. The molecular weight excluding hydrogens is 264 g/mol. The molecule has 4 heteroatoms. The van der Waals surface area contributed by atoms with Crippen molar-refractivity contribution >= 4 is 5.91 Å². The van der Waals surface area contributed by atoms with Gasteiger partial charge in [-0.15, -0.1) is 0 Å². The number of nitrogens with one attached hydrogen (secondary N) is 1. The van der Waals surface area contributed by atoms with Crippen molar-refractivity contribution in [1.29, 1.82) is 0 Å². The molecule has 0 spiro atoms. The smallest absolute Gasteiger partial charge is 0.241 e. The van der Waals surface area contributed by atoms with E-state index in [1.807, 2.05) is 51.1 Å². The summed E-state index contributed by atoms with van der Waals surface area (Å²) in [5, 5.41) is 3.09. The summed E-state index contributed by atoms with van der Waals surface area (Å²) < 4.78 is 5.74. The summed E-state index contributed by atoms with van der Waals surface area (Å²) in [5.74, 6) is 0.0751. The molecule has 1 aliphatic heterocycles. The van der Waals surface area contributed by atoms with Crippen LogP contribution in [0.15, 0.2) is 30.3 Å². The maximum atomic E-state index is 12.8. The van der Waals surface area contributed by atoms with Gasteiger partial charge < -0.3 is 15.8 Å². The Bertz CT molecular complexity index is 543. The first-order valence-corrected chi connectivity index (χ1v) is 7.65. The summed E-state index contributed by atoms with van der Waals surface area (Å²) >= 11 is 0. The maximum Gasteiger partial charge on any atom is 0.241 e. The highest BCUT2D eigenvalue weighted by atomic mass is 16.5. The van der Waals surface area contributed by atoms with Gasteiger partial charge in [-0.1, -0.05) is 44.2 Å². The molecule has 21 heavy (non-hydrogen) atoms. The molecule has 1 heterocycles. The van der Waals surface area contributed by atoms with Crippen LogP contribution in [0.1, 0.15) is 38.8 Å². The summed E-state index contributed by atoms with van der Waals surface area (Å²) in [5.41, 5.74) is 6.47. The van der Waals surface area contributed by atoms with Crippen LogP contribution >= 0.6 is 0 Å². The minimum atomic E-state index is -0.836. The summed E-state index contributed by atoms with van der Waals surface area (Å²) in [6, 6.07) is 9.91. The van der Waals surface area contributed by atoms with Gasteiger partial charge in [0.05, 0.1) is 12.1 Å². The minimum absolute atomic E-state index is 0.0451. The van der Waals surface area contributed by atoms with Gasteiger partial charge in [0.1, 0.15) is 5.54 Å². The standard InChI is InChI=1S/C17H24N2O2/c1-11(12-7-5-4-6-8-12)19-15(20)17(18)13-9-10-21-14(13)16(17,2)3/h4-8,11,13-14H,9-10,18H2,1-3H3,(H,19,20)/t11-,13?,14?,17?/m1/s1. The summed E-state index contributed by atoms with van der Waals surface area (Å²) in [6.07, 6.45) is 0.984. The molecule has 1 saturated carbocycles. The van der Waals surface area contributed by atoms with E-state index in [2.05, 4.69) is 5.32 Å². The molecule has 1 aromatic rings. The lowest BCUT2D eigenvalue weighted by Crippen LogP contribution is -2.80. The van der Waals surface area contributed by atoms with Crippen LogP contribution in [0.5, 0.6) is 0 Å². The highest BCUT2D eigenvalue weighted by Gasteiger charge is 2.71. The van der Waals surface area contributed by atoms with Crippen LogP contribution in [0.3, 0.4) is 0 Å². The third kappa shape index (κ3) is 1.93. The summed E-state index contributed by atoms with van der Waals surface area (Å²) in [7, 11) is 0. The Labute approximate surface area is 126 Å². The number of ether oxygens (including phenoxy) is 1. The fourth-order valence-corrected chi connectivity index (χ4v) is 3.99. The Kier molecular flexibility index (Phi) is 3.34. The molecule has 3 rings (SSSR count). The van der Waals surface area contributed by atoms with Crippen molar-refractivity contribution in [3.05, 3.63) is 35.9 Å². The van der Waals surface area contributed by atoms with Crippen LogP contribution < -0.4 is 11.1 Å². The molecule has 1 aliphatic carbocycles. The molecule has 3 unspecified atom stereocenters. The van der Waals surface area contributed by atoms with Crippen molar-refractivity contribution in [3.8, 4) is 0 Å². The third-order valence-corrected chi connectivity index (χ3v) is 5.48. The number of hydrogen-bond acceptors (Lipinski definition) is 3. The Balaban J connectivity index is 1.76. The van der Waals surface area contributed by atoms with Crippen LogP contribution in [-0.2, 0) is 9.53 Å². The van der Waals surface area contributed by atoms with Crippen LogP contribution in [0.2, 0.25) is 0 Å². The number of nitrogens with two attached hydrogens (primary N) is 1. The van der Waals surface area contributed by atoms with Crippen LogP contribution in [0, 0.1) is 11.3 Å². The number of carbonyl (C=O) groups excluding carboxylic acids is 1. The molecule has 2 fully saturated rings. The third-order valence-electron chi connectivity index (χ3n) is 5.48. The van der Waals surface area contributed by atoms with Crippen molar-refractivity contribution in [3.63, 3.8) is 0 Å². The van der Waals surface area contributed by atoms with E-state index in [1.165, 1.54) is 0 Å². The molecule has 1 aromatic carbocycles. The van der Waals surface area contributed by atoms with Crippen molar-refractivity contribution < 1.29 is 9.53 Å². The van der Waals surface area contributed by atoms with Gasteiger partial charge in [-0.3, -0.25) is 4.79 Å². The largest absolute Gasteiger partial charge is 0.377 e. The minimum Gasteiger partial charge on any atom is -0.377 e. The van der Waals surface area contributed by atoms with Gasteiger partial charge in [0.2, 0.25) is 5.91 Å². The normalized spacial score (nSPS) is 34.7. The van der Waals surface area contributed by atoms with Gasteiger partial charge in [-0.2, -0.15) is 0 Å². The lowest BCUT2D eigenvalue weighted by molar-refractivity contribution is -0.175. The number of benzene rings is 1. The Morgan fingerprint density at radius 1 is 1.38 bits per heavy atom. The lowest BCUT2D eigenvalue weighted by Gasteiger charge is -2.60. The van der Waals surface area contributed by atoms with E-state index in [1.54, 1.807) is 0 Å². The Hall–Kier alpha value is -1.39. The molecule has 0 radical (unpaired) electrons. The summed E-state index contributed by atoms with van der Waals surface area (Å²) in [4.78, 5) is 12.8. The number of carbonyl (C=O) groups is 1. The van der Waals surface area contributed by atoms with E-state index in [9.17, 15) is 4.79 Å². The Morgan fingerprint density at radius 3 is 2.71 bits per heavy atom. The molecule has 3 N–H and O–H groups in total. The first-order valence-electron chi connectivity index (χ1n) is 7.65. The van der Waals surface area contributed by atoms with E-state index in [0.29, 0.717) is 6.61 Å². The first kappa shape index (κ1) is 14.5. The SMILES string of the molecule is C[C@@H](NC(=O)C1(N)C2CCOC2C1(C)C)c1ccccc1. The second kappa shape index (κ2) is 4.82. The van der Waals surface area contributed by atoms with Crippen molar-refractivity contribution in [2.24, 2.45) is 17.1 Å². The molecule has 114 valence electrons. The summed E-state index contributed by atoms with van der Waals surface area (Å²) in [6.45, 7) is 6.77. The van der Waals surface area contributed by atoms with E-state index < -0.39 is 5.54 Å². The van der Waals surface area contributed by atoms with Gasteiger partial charge in [0.15, 0.2) is 0 Å². The average Bonchev–Trinajstić information content (AvgIpc) is 2.95. The molecule has 1 amide bonds. The lowest BCUT2D eigenvalue weighted by atomic mass is 9.48. The van der Waals surface area contributed by atoms with Crippen molar-refractivity contribution in [1.82, 2.24) is 5.32 Å². The molecule has 4 atom stereocenters. The van der Waals surface area contributed by atoms with E-state index in [4.69, 9.17) is 10.5 Å². The number of hydrogen-bond donors (Lipinski definition) is 2. The van der Waals surface area contributed by atoms with Crippen molar-refractivity contribution in [2.75, 3.05) is 6.61 Å². The maximum absolute atomic E-state index is 12.8. The first-order chi connectivity index (χ1) is 9.89. The molecule has 4 nitrogen and oxygen atoms in total. The number of fused-ring (bicyclic) bond motifs is 1. The van der Waals surface area contributed by atoms with Crippen LogP contribution in [0.4, 0.5) is 0 Å². The Morgan fingerprint density at radius 2 is 2.05 bits per heavy atom. The molecule has 0 bridgehead atoms. The second-order valence-electron chi connectivity index (χ2n) is 6.88. The highest BCUT2D eigenvalue weighted by molar-refractivity contribution is 5.89. The van der Waals surface area contributed by atoms with E-state index in [0.717, 1.165) is 12.0 Å². The topological polar surface area (TPSA) is 64.4 Å². The predicted molar refractivity (Wildman–Crippen MR) is 81.5 cm³/mol. The van der Waals surface area contributed by atoms with E-state index in [-0.39, 0.29) is 29.4 Å². The van der Waals surface area contributed by atoms with Crippen LogP contribution in [-0.4, -0.2) is 24.2 Å². The van der Waals surface area contributed by atoms with Gasteiger partial charge in [-0.05, 0) is 18.9 Å².